The molecule has 0 saturated carbocycles. The van der Waals surface area contributed by atoms with Gasteiger partial charge in [0.15, 0.2) is 5.78 Å². The number of amidine groups is 1. The topological polar surface area (TPSA) is 71.0 Å². The van der Waals surface area contributed by atoms with Gasteiger partial charge in [0.1, 0.15) is 17.4 Å². The summed E-state index contributed by atoms with van der Waals surface area (Å²) in [6.45, 7) is 1.40. The molecule has 6 nitrogen and oxygen atoms in total. The van der Waals surface area contributed by atoms with Crippen molar-refractivity contribution in [3.05, 3.63) is 92.7 Å². The zero-order valence-corrected chi connectivity index (χ0v) is 20.6. The first kappa shape index (κ1) is 24.7. The van der Waals surface area contributed by atoms with Gasteiger partial charge < -0.3 is 15.0 Å². The third kappa shape index (κ3) is 5.47. The molecular weight excluding hydrogens is 492 g/mol. The average Bonchev–Trinajstić information content (AvgIpc) is 3.26. The van der Waals surface area contributed by atoms with Crippen LogP contribution in [0.5, 0.6) is 5.75 Å². The smallest absolute Gasteiger partial charge is 0.256 e. The quantitative estimate of drug-likeness (QED) is 0.422. The molecule has 3 aromatic carbocycles. The van der Waals surface area contributed by atoms with Crippen LogP contribution < -0.4 is 10.1 Å². The van der Waals surface area contributed by atoms with E-state index in [1.807, 2.05) is 11.9 Å². The maximum absolute atomic E-state index is 15.0. The Bertz CT molecular complexity index is 1330. The Morgan fingerprint density at radius 1 is 1.06 bits per heavy atom. The molecule has 35 heavy (non-hydrogen) atoms. The van der Waals surface area contributed by atoms with Crippen LogP contribution in [0.2, 0.25) is 10.0 Å². The number of methoxy groups -OCH3 is 1. The van der Waals surface area contributed by atoms with Gasteiger partial charge in [-0.25, -0.2) is 4.39 Å². The van der Waals surface area contributed by atoms with E-state index in [0.717, 1.165) is 6.54 Å². The lowest BCUT2D eigenvalue weighted by Gasteiger charge is -2.16. The lowest BCUT2D eigenvalue weighted by Crippen LogP contribution is -2.23. The average molecular weight is 514 g/mol. The number of aliphatic imine (C=N–C) groups is 1. The summed E-state index contributed by atoms with van der Waals surface area (Å²) in [7, 11) is 3.29. The van der Waals surface area contributed by atoms with E-state index in [2.05, 4.69) is 10.3 Å². The molecule has 3 aromatic rings. The minimum absolute atomic E-state index is 0.0870. The van der Waals surface area contributed by atoms with Crippen LogP contribution in [0.3, 0.4) is 0 Å². The molecule has 1 aliphatic heterocycles. The maximum atomic E-state index is 15.0. The van der Waals surface area contributed by atoms with Gasteiger partial charge in [-0.15, -0.1) is 0 Å². The van der Waals surface area contributed by atoms with E-state index < -0.39 is 17.5 Å². The molecule has 1 amide bonds. The van der Waals surface area contributed by atoms with Gasteiger partial charge in [-0.2, -0.15) is 0 Å². The molecular formula is C26H22Cl2FN3O3. The SMILES string of the molecule is COc1cc(Cl)cc(C(=O)Nc2ccc(Cl)cc2)c1CC(=O)c1ccc(C2=NCCN2C)cc1F. The summed E-state index contributed by atoms with van der Waals surface area (Å²) >= 11 is 12.1. The highest BCUT2D eigenvalue weighted by molar-refractivity contribution is 6.31. The molecule has 9 heteroatoms. The van der Waals surface area contributed by atoms with Crippen molar-refractivity contribution in [1.29, 1.82) is 0 Å². The fourth-order valence-electron chi connectivity index (χ4n) is 3.89. The molecule has 0 spiro atoms. The van der Waals surface area contributed by atoms with Crippen LogP contribution in [0.1, 0.15) is 31.8 Å². The lowest BCUT2D eigenvalue weighted by atomic mass is 9.96. The number of nitrogens with one attached hydrogen (secondary N) is 1. The summed E-state index contributed by atoms with van der Waals surface area (Å²) < 4.78 is 20.4. The van der Waals surface area contributed by atoms with Gasteiger partial charge in [0.2, 0.25) is 0 Å². The molecule has 4 rings (SSSR count). The number of anilines is 1. The summed E-state index contributed by atoms with van der Waals surface area (Å²) in [6, 6.07) is 14.0. The highest BCUT2D eigenvalue weighted by Crippen LogP contribution is 2.30. The number of Topliss-reactive ketones (excluding diaryl/α,β-unsaturated/α-hetero) is 1. The van der Waals surface area contributed by atoms with Crippen LogP contribution in [0.25, 0.3) is 0 Å². The molecule has 0 atom stereocenters. The number of likely N-dealkylation sites (N-methyl/N-ethyl adjacent to an activating group) is 1. The third-order valence-electron chi connectivity index (χ3n) is 5.66. The number of ketones is 1. The predicted octanol–water partition coefficient (Wildman–Crippen LogP) is 5.51. The molecule has 0 bridgehead atoms. The van der Waals surface area contributed by atoms with E-state index in [0.29, 0.717) is 34.2 Å². The molecule has 0 unspecified atom stereocenters. The Labute approximate surface area is 212 Å². The number of carbonyl (C=O) groups is 2. The normalized spacial score (nSPS) is 12.9. The van der Waals surface area contributed by atoms with Crippen molar-refractivity contribution in [2.45, 2.75) is 6.42 Å². The van der Waals surface area contributed by atoms with Crippen molar-refractivity contribution in [2.24, 2.45) is 4.99 Å². The predicted molar refractivity (Wildman–Crippen MR) is 136 cm³/mol. The standard InChI is InChI=1S/C26H22Cl2FN3O3/c1-32-10-9-30-25(32)15-3-8-19(22(29)11-15)23(33)14-20-21(12-17(28)13-24(20)35-2)26(34)31-18-6-4-16(27)5-7-18/h3-8,11-13H,9-10,14H2,1-2H3,(H,31,34). The van der Waals surface area contributed by atoms with Crippen LogP contribution in [-0.4, -0.2) is 49.7 Å². The first-order chi connectivity index (χ1) is 16.8. The summed E-state index contributed by atoms with van der Waals surface area (Å²) in [5.74, 6) is -0.712. The largest absolute Gasteiger partial charge is 0.496 e. The Hall–Kier alpha value is -3.42. The van der Waals surface area contributed by atoms with Crippen molar-refractivity contribution >= 4 is 46.4 Å². The second-order valence-electron chi connectivity index (χ2n) is 8.02. The Balaban J connectivity index is 1.63. The molecule has 0 saturated heterocycles. The van der Waals surface area contributed by atoms with Crippen LogP contribution in [-0.2, 0) is 6.42 Å². The minimum Gasteiger partial charge on any atom is -0.496 e. The molecule has 0 aliphatic carbocycles. The van der Waals surface area contributed by atoms with Gasteiger partial charge in [0.25, 0.3) is 5.91 Å². The number of hydrogen-bond acceptors (Lipinski definition) is 5. The van der Waals surface area contributed by atoms with Crippen molar-refractivity contribution in [1.82, 2.24) is 4.90 Å². The zero-order chi connectivity index (χ0) is 25.1. The van der Waals surface area contributed by atoms with Crippen LogP contribution in [0, 0.1) is 5.82 Å². The van der Waals surface area contributed by atoms with E-state index in [1.54, 1.807) is 30.3 Å². The second-order valence-corrected chi connectivity index (χ2v) is 8.89. The Morgan fingerprint density at radius 2 is 1.80 bits per heavy atom. The Kier molecular flexibility index (Phi) is 7.38. The lowest BCUT2D eigenvalue weighted by molar-refractivity contribution is 0.0987. The van der Waals surface area contributed by atoms with E-state index in [1.165, 1.54) is 31.4 Å². The zero-order valence-electron chi connectivity index (χ0n) is 19.1. The second kappa shape index (κ2) is 10.5. The minimum atomic E-state index is -0.657. The summed E-state index contributed by atoms with van der Waals surface area (Å²) in [5, 5.41) is 3.54. The molecule has 1 heterocycles. The summed E-state index contributed by atoms with van der Waals surface area (Å²) in [5.41, 5.74) is 1.48. The van der Waals surface area contributed by atoms with Gasteiger partial charge in [-0.05, 0) is 48.5 Å². The number of hydrogen-bond donors (Lipinski definition) is 1. The number of halogens is 3. The summed E-state index contributed by atoms with van der Waals surface area (Å²) in [6.07, 6.45) is -0.263. The number of nitrogens with zero attached hydrogens (tertiary/aromatic N) is 2. The van der Waals surface area contributed by atoms with Gasteiger partial charge in [0, 0.05) is 52.4 Å². The van der Waals surface area contributed by atoms with Crippen LogP contribution in [0.15, 0.2) is 59.6 Å². The molecule has 1 aliphatic rings. The van der Waals surface area contributed by atoms with E-state index in [-0.39, 0.29) is 28.3 Å². The van der Waals surface area contributed by atoms with Crippen molar-refractivity contribution in [3.8, 4) is 5.75 Å². The molecule has 1 N–H and O–H groups in total. The monoisotopic (exact) mass is 513 g/mol. The van der Waals surface area contributed by atoms with Gasteiger partial charge in [-0.1, -0.05) is 29.3 Å². The third-order valence-corrected chi connectivity index (χ3v) is 6.13. The van der Waals surface area contributed by atoms with Crippen LogP contribution >= 0.6 is 23.2 Å². The first-order valence-corrected chi connectivity index (χ1v) is 11.5. The van der Waals surface area contributed by atoms with Gasteiger partial charge >= 0.3 is 0 Å². The van der Waals surface area contributed by atoms with Crippen molar-refractivity contribution in [2.75, 3.05) is 32.6 Å². The maximum Gasteiger partial charge on any atom is 0.256 e. The van der Waals surface area contributed by atoms with Gasteiger partial charge in [-0.3, -0.25) is 14.6 Å². The molecule has 0 radical (unpaired) electrons. The number of ether oxygens (including phenoxy) is 1. The van der Waals surface area contributed by atoms with Crippen molar-refractivity contribution < 1.29 is 18.7 Å². The molecule has 0 fully saturated rings. The number of benzene rings is 3. The highest BCUT2D eigenvalue weighted by Gasteiger charge is 2.23. The van der Waals surface area contributed by atoms with E-state index >= 15 is 0 Å². The fourth-order valence-corrected chi connectivity index (χ4v) is 4.22. The Morgan fingerprint density at radius 3 is 2.43 bits per heavy atom. The highest BCUT2D eigenvalue weighted by atomic mass is 35.5. The number of rotatable bonds is 7. The number of amides is 1. The molecule has 180 valence electrons. The van der Waals surface area contributed by atoms with E-state index in [4.69, 9.17) is 27.9 Å². The van der Waals surface area contributed by atoms with Crippen LogP contribution in [0.4, 0.5) is 10.1 Å². The fraction of sp³-hybridized carbons (Fsp3) is 0.192. The first-order valence-electron chi connectivity index (χ1n) is 10.8. The van der Waals surface area contributed by atoms with Crippen molar-refractivity contribution in [3.63, 3.8) is 0 Å². The summed E-state index contributed by atoms with van der Waals surface area (Å²) in [4.78, 5) is 32.5. The van der Waals surface area contributed by atoms with Gasteiger partial charge in [0.05, 0.1) is 19.2 Å². The number of carbonyl (C=O) groups excluding carboxylic acids is 2. The van der Waals surface area contributed by atoms with E-state index in [9.17, 15) is 14.0 Å². The molecule has 0 aromatic heterocycles.